The van der Waals surface area contributed by atoms with Gasteiger partial charge < -0.3 is 5.32 Å². The van der Waals surface area contributed by atoms with Crippen LogP contribution in [0.3, 0.4) is 0 Å². The summed E-state index contributed by atoms with van der Waals surface area (Å²) in [7, 11) is 1.93. The number of ketones is 1. The van der Waals surface area contributed by atoms with Gasteiger partial charge in [-0.05, 0) is 33.4 Å². The standard InChI is InChI=1S/C8H17NO/c1-7(8(2)10)5-4-6-9-3/h7,9H,4-6H2,1-3H3/t7-/m0/s1. The van der Waals surface area contributed by atoms with Crippen LogP contribution in [0, 0.1) is 5.92 Å². The summed E-state index contributed by atoms with van der Waals surface area (Å²) in [5.74, 6) is 0.546. The largest absolute Gasteiger partial charge is 0.320 e. The number of hydrogen-bond acceptors (Lipinski definition) is 2. The van der Waals surface area contributed by atoms with Gasteiger partial charge in [-0.1, -0.05) is 6.92 Å². The average Bonchev–Trinajstić information content (AvgIpc) is 1.88. The Balaban J connectivity index is 3.21. The van der Waals surface area contributed by atoms with Crippen LogP contribution < -0.4 is 5.32 Å². The van der Waals surface area contributed by atoms with Gasteiger partial charge in [-0.3, -0.25) is 4.79 Å². The molecule has 0 aromatic carbocycles. The van der Waals surface area contributed by atoms with Crippen molar-refractivity contribution in [3.05, 3.63) is 0 Å². The molecule has 0 rings (SSSR count). The molecule has 1 N–H and O–H groups in total. The summed E-state index contributed by atoms with van der Waals surface area (Å²) in [6.07, 6.45) is 2.10. The van der Waals surface area contributed by atoms with Crippen LogP contribution in [0.1, 0.15) is 26.7 Å². The Morgan fingerprint density at radius 3 is 2.60 bits per heavy atom. The molecular formula is C8H17NO. The summed E-state index contributed by atoms with van der Waals surface area (Å²) in [5, 5.41) is 3.05. The first-order valence-electron chi connectivity index (χ1n) is 3.83. The van der Waals surface area contributed by atoms with Gasteiger partial charge in [0, 0.05) is 5.92 Å². The molecule has 0 fully saturated rings. The van der Waals surface area contributed by atoms with Gasteiger partial charge in [-0.25, -0.2) is 0 Å². The summed E-state index contributed by atoms with van der Waals surface area (Å²) >= 11 is 0. The highest BCUT2D eigenvalue weighted by Crippen LogP contribution is 2.04. The van der Waals surface area contributed by atoms with E-state index in [4.69, 9.17) is 0 Å². The van der Waals surface area contributed by atoms with Crippen LogP contribution in [-0.4, -0.2) is 19.4 Å². The summed E-state index contributed by atoms with van der Waals surface area (Å²) in [6.45, 7) is 4.65. The maximum absolute atomic E-state index is 10.7. The number of carbonyl (C=O) groups excluding carboxylic acids is 1. The molecule has 0 aliphatic carbocycles. The third-order valence-electron chi connectivity index (χ3n) is 1.76. The number of rotatable bonds is 5. The van der Waals surface area contributed by atoms with E-state index in [2.05, 4.69) is 5.32 Å². The zero-order valence-corrected chi connectivity index (χ0v) is 7.11. The molecule has 0 aromatic rings. The second-order valence-electron chi connectivity index (χ2n) is 2.76. The number of hydrogen-bond donors (Lipinski definition) is 1. The fraction of sp³-hybridized carbons (Fsp3) is 0.875. The second kappa shape index (κ2) is 5.42. The average molecular weight is 143 g/mol. The van der Waals surface area contributed by atoms with Crippen LogP contribution in [0.4, 0.5) is 0 Å². The lowest BCUT2D eigenvalue weighted by Gasteiger charge is -2.05. The van der Waals surface area contributed by atoms with Crippen LogP contribution in [0.2, 0.25) is 0 Å². The van der Waals surface area contributed by atoms with Gasteiger partial charge in [0.25, 0.3) is 0 Å². The molecule has 2 heteroatoms. The number of nitrogens with one attached hydrogen (secondary N) is 1. The van der Waals surface area contributed by atoms with E-state index in [1.54, 1.807) is 6.92 Å². The molecular weight excluding hydrogens is 126 g/mol. The van der Waals surface area contributed by atoms with Crippen LogP contribution in [0.15, 0.2) is 0 Å². The normalized spacial score (nSPS) is 13.1. The Labute approximate surface area is 63.0 Å². The van der Waals surface area contributed by atoms with Crippen molar-refractivity contribution >= 4 is 5.78 Å². The molecule has 0 amide bonds. The monoisotopic (exact) mass is 143 g/mol. The molecule has 60 valence electrons. The third kappa shape index (κ3) is 4.50. The number of Topliss-reactive ketones (excluding diaryl/α,β-unsaturated/α-hetero) is 1. The van der Waals surface area contributed by atoms with Gasteiger partial charge in [-0.15, -0.1) is 0 Å². The maximum Gasteiger partial charge on any atom is 0.132 e. The fourth-order valence-electron chi connectivity index (χ4n) is 0.788. The van der Waals surface area contributed by atoms with Crippen LogP contribution in [-0.2, 0) is 4.79 Å². The molecule has 0 aliphatic rings. The molecule has 0 saturated heterocycles. The predicted octanol–water partition coefficient (Wildman–Crippen LogP) is 1.21. The summed E-state index contributed by atoms with van der Waals surface area (Å²) in [5.41, 5.74) is 0. The second-order valence-corrected chi connectivity index (χ2v) is 2.76. The van der Waals surface area contributed by atoms with Crippen molar-refractivity contribution in [2.24, 2.45) is 5.92 Å². The van der Waals surface area contributed by atoms with E-state index >= 15 is 0 Å². The molecule has 0 unspecified atom stereocenters. The number of carbonyl (C=O) groups is 1. The quantitative estimate of drug-likeness (QED) is 0.586. The Morgan fingerprint density at radius 1 is 1.60 bits per heavy atom. The molecule has 0 bridgehead atoms. The molecule has 0 saturated carbocycles. The lowest BCUT2D eigenvalue weighted by atomic mass is 10.0. The molecule has 0 spiro atoms. The van der Waals surface area contributed by atoms with Crippen molar-refractivity contribution in [1.29, 1.82) is 0 Å². The first-order chi connectivity index (χ1) is 4.68. The van der Waals surface area contributed by atoms with E-state index in [1.165, 1.54) is 0 Å². The minimum atomic E-state index is 0.244. The minimum Gasteiger partial charge on any atom is -0.320 e. The van der Waals surface area contributed by atoms with Crippen LogP contribution in [0.5, 0.6) is 0 Å². The molecule has 0 aliphatic heterocycles. The highest BCUT2D eigenvalue weighted by molar-refractivity contribution is 5.77. The van der Waals surface area contributed by atoms with E-state index in [0.29, 0.717) is 5.78 Å². The van der Waals surface area contributed by atoms with E-state index in [1.807, 2.05) is 14.0 Å². The molecule has 0 heterocycles. The van der Waals surface area contributed by atoms with E-state index in [9.17, 15) is 4.79 Å². The van der Waals surface area contributed by atoms with Crippen molar-refractivity contribution in [2.75, 3.05) is 13.6 Å². The summed E-state index contributed by atoms with van der Waals surface area (Å²) in [4.78, 5) is 10.7. The highest BCUT2D eigenvalue weighted by atomic mass is 16.1. The van der Waals surface area contributed by atoms with Gasteiger partial charge in [0.15, 0.2) is 0 Å². The molecule has 1 atom stereocenters. The first-order valence-corrected chi connectivity index (χ1v) is 3.83. The summed E-state index contributed by atoms with van der Waals surface area (Å²) < 4.78 is 0. The SMILES string of the molecule is CNCCC[C@H](C)C(C)=O. The predicted molar refractivity (Wildman–Crippen MR) is 43.0 cm³/mol. The van der Waals surface area contributed by atoms with Gasteiger partial charge in [0.1, 0.15) is 5.78 Å². The zero-order chi connectivity index (χ0) is 7.98. The first kappa shape index (κ1) is 9.63. The third-order valence-corrected chi connectivity index (χ3v) is 1.76. The van der Waals surface area contributed by atoms with Crippen LogP contribution >= 0.6 is 0 Å². The van der Waals surface area contributed by atoms with Gasteiger partial charge in [-0.2, -0.15) is 0 Å². The zero-order valence-electron chi connectivity index (χ0n) is 7.11. The Bertz CT molecular complexity index is 101. The smallest absolute Gasteiger partial charge is 0.132 e. The van der Waals surface area contributed by atoms with Gasteiger partial charge in [0.2, 0.25) is 0 Å². The minimum absolute atomic E-state index is 0.244. The highest BCUT2D eigenvalue weighted by Gasteiger charge is 2.05. The van der Waals surface area contributed by atoms with Crippen molar-refractivity contribution in [3.63, 3.8) is 0 Å². The van der Waals surface area contributed by atoms with Crippen molar-refractivity contribution in [3.8, 4) is 0 Å². The van der Waals surface area contributed by atoms with E-state index < -0.39 is 0 Å². The fourth-order valence-corrected chi connectivity index (χ4v) is 0.788. The Kier molecular flexibility index (Phi) is 5.22. The summed E-state index contributed by atoms with van der Waals surface area (Å²) in [6, 6.07) is 0. The van der Waals surface area contributed by atoms with Crippen molar-refractivity contribution < 1.29 is 4.79 Å². The van der Waals surface area contributed by atoms with Gasteiger partial charge >= 0.3 is 0 Å². The lowest BCUT2D eigenvalue weighted by molar-refractivity contribution is -0.120. The Hall–Kier alpha value is -0.370. The topological polar surface area (TPSA) is 29.1 Å². The van der Waals surface area contributed by atoms with Gasteiger partial charge in [0.05, 0.1) is 0 Å². The molecule has 10 heavy (non-hydrogen) atoms. The lowest BCUT2D eigenvalue weighted by Crippen LogP contribution is -2.12. The Morgan fingerprint density at radius 2 is 2.20 bits per heavy atom. The van der Waals surface area contributed by atoms with E-state index in [-0.39, 0.29) is 5.92 Å². The molecule has 0 radical (unpaired) electrons. The maximum atomic E-state index is 10.7. The van der Waals surface area contributed by atoms with E-state index in [0.717, 1.165) is 19.4 Å². The molecule has 2 nitrogen and oxygen atoms in total. The van der Waals surface area contributed by atoms with Crippen LogP contribution in [0.25, 0.3) is 0 Å². The molecule has 0 aromatic heterocycles. The van der Waals surface area contributed by atoms with Crippen molar-refractivity contribution in [2.45, 2.75) is 26.7 Å². The van der Waals surface area contributed by atoms with Crippen molar-refractivity contribution in [1.82, 2.24) is 5.32 Å².